The van der Waals surface area contributed by atoms with Gasteiger partial charge in [-0.3, -0.25) is 0 Å². The predicted molar refractivity (Wildman–Crippen MR) is 40.7 cm³/mol. The molecule has 60 valence electrons. The minimum Gasteiger partial charge on any atom is -0.395 e. The Morgan fingerprint density at radius 1 is 1.70 bits per heavy atom. The van der Waals surface area contributed by atoms with Crippen molar-refractivity contribution in [3.8, 4) is 0 Å². The zero-order valence-corrected chi connectivity index (χ0v) is 6.21. The third-order valence-electron chi connectivity index (χ3n) is 2.03. The molecule has 2 unspecified atom stereocenters. The van der Waals surface area contributed by atoms with Crippen LogP contribution < -0.4 is 11.1 Å². The molecule has 3 nitrogen and oxygen atoms in total. The van der Waals surface area contributed by atoms with Crippen LogP contribution in [0.4, 0.5) is 0 Å². The van der Waals surface area contributed by atoms with Crippen LogP contribution in [0, 0.1) is 5.92 Å². The molecule has 10 heavy (non-hydrogen) atoms. The van der Waals surface area contributed by atoms with Crippen molar-refractivity contribution in [3.63, 3.8) is 0 Å². The van der Waals surface area contributed by atoms with Gasteiger partial charge in [-0.25, -0.2) is 0 Å². The van der Waals surface area contributed by atoms with Crippen LogP contribution in [0.1, 0.15) is 12.8 Å². The summed E-state index contributed by atoms with van der Waals surface area (Å²) in [6, 6.07) is -0.00935. The summed E-state index contributed by atoms with van der Waals surface area (Å²) < 4.78 is 0. The standard InChI is InChI=1S/C7H16N2O/c8-7(5-10)3-6-1-2-9-4-6/h6-7,9-10H,1-5,8H2. The monoisotopic (exact) mass is 144 g/mol. The van der Waals surface area contributed by atoms with Gasteiger partial charge in [0, 0.05) is 6.04 Å². The van der Waals surface area contributed by atoms with Gasteiger partial charge in [0.2, 0.25) is 0 Å². The van der Waals surface area contributed by atoms with E-state index in [0.29, 0.717) is 5.92 Å². The molecule has 0 aromatic heterocycles. The smallest absolute Gasteiger partial charge is 0.0582 e. The van der Waals surface area contributed by atoms with Gasteiger partial charge >= 0.3 is 0 Å². The molecule has 4 N–H and O–H groups in total. The van der Waals surface area contributed by atoms with E-state index in [-0.39, 0.29) is 12.6 Å². The molecule has 0 aliphatic carbocycles. The fourth-order valence-corrected chi connectivity index (χ4v) is 1.42. The first-order chi connectivity index (χ1) is 4.83. The highest BCUT2D eigenvalue weighted by Crippen LogP contribution is 2.12. The van der Waals surface area contributed by atoms with Crippen molar-refractivity contribution in [2.75, 3.05) is 19.7 Å². The number of hydrogen-bond acceptors (Lipinski definition) is 3. The minimum absolute atomic E-state index is 0.00935. The lowest BCUT2D eigenvalue weighted by atomic mass is 10.0. The molecule has 0 radical (unpaired) electrons. The van der Waals surface area contributed by atoms with Crippen molar-refractivity contribution in [2.24, 2.45) is 11.7 Å². The van der Waals surface area contributed by atoms with E-state index >= 15 is 0 Å². The van der Waals surface area contributed by atoms with Gasteiger partial charge in [-0.05, 0) is 31.8 Å². The Kier molecular flexibility index (Phi) is 3.12. The van der Waals surface area contributed by atoms with E-state index in [4.69, 9.17) is 10.8 Å². The Morgan fingerprint density at radius 2 is 2.50 bits per heavy atom. The van der Waals surface area contributed by atoms with Crippen molar-refractivity contribution in [2.45, 2.75) is 18.9 Å². The number of rotatable bonds is 3. The number of aliphatic hydroxyl groups is 1. The van der Waals surface area contributed by atoms with Crippen molar-refractivity contribution in [3.05, 3.63) is 0 Å². The third-order valence-corrected chi connectivity index (χ3v) is 2.03. The highest BCUT2D eigenvalue weighted by atomic mass is 16.3. The molecule has 1 saturated heterocycles. The first-order valence-electron chi connectivity index (χ1n) is 3.90. The summed E-state index contributed by atoms with van der Waals surface area (Å²) in [6.07, 6.45) is 2.18. The predicted octanol–water partition coefficient (Wildman–Crippen LogP) is -0.694. The van der Waals surface area contributed by atoms with Gasteiger partial charge in [0.15, 0.2) is 0 Å². The van der Waals surface area contributed by atoms with Crippen LogP contribution in [0.15, 0.2) is 0 Å². The second-order valence-corrected chi connectivity index (χ2v) is 3.04. The summed E-state index contributed by atoms with van der Waals surface area (Å²) in [6.45, 7) is 2.31. The Bertz CT molecular complexity index is 91.6. The van der Waals surface area contributed by atoms with Crippen LogP contribution >= 0.6 is 0 Å². The molecule has 1 aliphatic rings. The lowest BCUT2D eigenvalue weighted by Gasteiger charge is -2.12. The summed E-state index contributed by atoms with van der Waals surface area (Å²) in [5, 5.41) is 11.9. The molecular formula is C7H16N2O. The van der Waals surface area contributed by atoms with Crippen LogP contribution in [0.2, 0.25) is 0 Å². The van der Waals surface area contributed by atoms with Crippen LogP contribution in [0.3, 0.4) is 0 Å². The fraction of sp³-hybridized carbons (Fsp3) is 1.00. The molecule has 0 spiro atoms. The summed E-state index contributed by atoms with van der Waals surface area (Å²) >= 11 is 0. The van der Waals surface area contributed by atoms with E-state index in [1.54, 1.807) is 0 Å². The van der Waals surface area contributed by atoms with Gasteiger partial charge in [-0.15, -0.1) is 0 Å². The van der Waals surface area contributed by atoms with Crippen LogP contribution in [0.25, 0.3) is 0 Å². The van der Waals surface area contributed by atoms with Gasteiger partial charge in [0.05, 0.1) is 6.61 Å². The third kappa shape index (κ3) is 2.25. The zero-order chi connectivity index (χ0) is 7.40. The molecule has 0 bridgehead atoms. The first-order valence-corrected chi connectivity index (χ1v) is 3.90. The molecular weight excluding hydrogens is 128 g/mol. The van der Waals surface area contributed by atoms with Crippen LogP contribution in [-0.2, 0) is 0 Å². The first kappa shape index (κ1) is 7.98. The highest BCUT2D eigenvalue weighted by molar-refractivity contribution is 4.75. The second kappa shape index (κ2) is 3.91. The molecule has 1 heterocycles. The maximum absolute atomic E-state index is 8.65. The molecule has 0 saturated carbocycles. The summed E-state index contributed by atoms with van der Waals surface area (Å²) in [5.41, 5.74) is 5.58. The molecule has 1 rings (SSSR count). The number of hydrogen-bond donors (Lipinski definition) is 3. The van der Waals surface area contributed by atoms with Gasteiger partial charge in [-0.1, -0.05) is 0 Å². The molecule has 0 aromatic carbocycles. The molecule has 0 amide bonds. The van der Waals surface area contributed by atoms with Gasteiger partial charge < -0.3 is 16.2 Å². The Labute approximate surface area is 61.6 Å². The van der Waals surface area contributed by atoms with Gasteiger partial charge in [0.1, 0.15) is 0 Å². The zero-order valence-electron chi connectivity index (χ0n) is 6.21. The largest absolute Gasteiger partial charge is 0.395 e. The van der Waals surface area contributed by atoms with Gasteiger partial charge in [0.25, 0.3) is 0 Å². The van der Waals surface area contributed by atoms with E-state index in [9.17, 15) is 0 Å². The van der Waals surface area contributed by atoms with Crippen molar-refractivity contribution >= 4 is 0 Å². The summed E-state index contributed by atoms with van der Waals surface area (Å²) in [4.78, 5) is 0. The Morgan fingerprint density at radius 3 is 3.00 bits per heavy atom. The average Bonchev–Trinajstić information content (AvgIpc) is 2.40. The molecule has 1 fully saturated rings. The number of aliphatic hydroxyl groups excluding tert-OH is 1. The Balaban J connectivity index is 2.11. The lowest BCUT2D eigenvalue weighted by molar-refractivity contribution is 0.247. The maximum Gasteiger partial charge on any atom is 0.0582 e. The fourth-order valence-electron chi connectivity index (χ4n) is 1.42. The summed E-state index contributed by atoms with van der Waals surface area (Å²) in [7, 11) is 0. The lowest BCUT2D eigenvalue weighted by Crippen LogP contribution is -2.28. The maximum atomic E-state index is 8.65. The molecule has 2 atom stereocenters. The number of nitrogens with one attached hydrogen (secondary N) is 1. The van der Waals surface area contributed by atoms with Crippen molar-refractivity contribution in [1.82, 2.24) is 5.32 Å². The topological polar surface area (TPSA) is 58.3 Å². The van der Waals surface area contributed by atoms with E-state index < -0.39 is 0 Å². The van der Waals surface area contributed by atoms with E-state index in [0.717, 1.165) is 19.5 Å². The van der Waals surface area contributed by atoms with Crippen molar-refractivity contribution < 1.29 is 5.11 Å². The second-order valence-electron chi connectivity index (χ2n) is 3.04. The normalized spacial score (nSPS) is 28.8. The van der Waals surface area contributed by atoms with E-state index in [2.05, 4.69) is 5.32 Å². The molecule has 3 heteroatoms. The van der Waals surface area contributed by atoms with Gasteiger partial charge in [-0.2, -0.15) is 0 Å². The minimum atomic E-state index is -0.00935. The number of nitrogens with two attached hydrogens (primary N) is 1. The highest BCUT2D eigenvalue weighted by Gasteiger charge is 2.16. The molecule has 0 aromatic rings. The van der Waals surface area contributed by atoms with Crippen LogP contribution in [-0.4, -0.2) is 30.8 Å². The molecule has 1 aliphatic heterocycles. The van der Waals surface area contributed by atoms with Crippen LogP contribution in [0.5, 0.6) is 0 Å². The average molecular weight is 144 g/mol. The van der Waals surface area contributed by atoms with Crippen molar-refractivity contribution in [1.29, 1.82) is 0 Å². The Hall–Kier alpha value is -0.120. The SMILES string of the molecule is NC(CO)CC1CCNC1. The van der Waals surface area contributed by atoms with E-state index in [1.807, 2.05) is 0 Å². The van der Waals surface area contributed by atoms with E-state index in [1.165, 1.54) is 6.42 Å². The summed E-state index contributed by atoms with van der Waals surface area (Å²) in [5.74, 6) is 0.696. The quantitative estimate of drug-likeness (QED) is 0.491.